The molecule has 3 rings (SSSR count). The van der Waals surface area contributed by atoms with E-state index in [2.05, 4.69) is 21.6 Å². The number of anilines is 1. The van der Waals surface area contributed by atoms with Crippen molar-refractivity contribution in [2.45, 2.75) is 44.8 Å². The molecule has 0 aromatic carbocycles. The molecule has 6 heteroatoms. The van der Waals surface area contributed by atoms with Crippen LogP contribution in [0.25, 0.3) is 11.2 Å². The highest BCUT2D eigenvalue weighted by atomic mass is 16.5. The number of imidazole rings is 1. The van der Waals surface area contributed by atoms with Crippen molar-refractivity contribution in [3.63, 3.8) is 0 Å². The lowest BCUT2D eigenvalue weighted by Crippen LogP contribution is -2.33. The Kier molecular flexibility index (Phi) is 2.97. The van der Waals surface area contributed by atoms with Crippen molar-refractivity contribution in [3.8, 4) is 0 Å². The first-order valence-corrected chi connectivity index (χ1v) is 6.87. The maximum absolute atomic E-state index is 6.10. The van der Waals surface area contributed by atoms with Gasteiger partial charge in [0.2, 0.25) is 5.95 Å². The number of aryl methyl sites for hydroxylation is 2. The molecule has 0 spiro atoms. The van der Waals surface area contributed by atoms with E-state index in [1.165, 1.54) is 0 Å². The number of nitrogens with two attached hydrogens (primary N) is 1. The number of nitrogens with zero attached hydrogens (tertiary/aromatic N) is 4. The minimum atomic E-state index is 0.352. The third-order valence-corrected chi connectivity index (χ3v) is 4.02. The second-order valence-corrected chi connectivity index (χ2v) is 5.32. The highest BCUT2D eigenvalue weighted by Crippen LogP contribution is 2.38. The van der Waals surface area contributed by atoms with Gasteiger partial charge in [0.25, 0.3) is 0 Å². The van der Waals surface area contributed by atoms with E-state index in [4.69, 9.17) is 10.5 Å². The summed E-state index contributed by atoms with van der Waals surface area (Å²) in [5, 5.41) is 4.57. The first-order valence-electron chi connectivity index (χ1n) is 6.87. The zero-order valence-electron chi connectivity index (χ0n) is 11.8. The van der Waals surface area contributed by atoms with Gasteiger partial charge in [0.1, 0.15) is 5.52 Å². The van der Waals surface area contributed by atoms with Crippen LogP contribution < -0.4 is 5.73 Å². The molecule has 0 atom stereocenters. The second-order valence-electron chi connectivity index (χ2n) is 5.32. The summed E-state index contributed by atoms with van der Waals surface area (Å²) in [5.74, 6) is 0.597. The van der Waals surface area contributed by atoms with Crippen LogP contribution in [0.1, 0.15) is 37.9 Å². The lowest BCUT2D eigenvalue weighted by molar-refractivity contribution is 0.00770. The fourth-order valence-corrected chi connectivity index (χ4v) is 2.93. The third kappa shape index (κ3) is 1.82. The lowest BCUT2D eigenvalue weighted by Gasteiger charge is -2.35. The Bertz CT molecular complexity index is 594. The van der Waals surface area contributed by atoms with Gasteiger partial charge in [0.15, 0.2) is 5.65 Å². The average molecular weight is 263 g/mol. The normalized spacial score (nSPS) is 22.9. The van der Waals surface area contributed by atoms with E-state index in [9.17, 15) is 0 Å². The number of aromatic nitrogens is 4. The van der Waals surface area contributed by atoms with Gasteiger partial charge in [0.05, 0.1) is 11.8 Å². The van der Waals surface area contributed by atoms with E-state index in [1.807, 2.05) is 11.7 Å². The predicted molar refractivity (Wildman–Crippen MR) is 74.0 cm³/mol. The topological polar surface area (TPSA) is 70.9 Å². The molecule has 2 aromatic heterocycles. The Morgan fingerprint density at radius 2 is 2.16 bits per heavy atom. The zero-order chi connectivity index (χ0) is 13.6. The van der Waals surface area contributed by atoms with E-state index in [0.717, 1.165) is 42.5 Å². The van der Waals surface area contributed by atoms with E-state index in [1.54, 1.807) is 7.11 Å². The van der Waals surface area contributed by atoms with Crippen LogP contribution in [0.5, 0.6) is 0 Å². The summed E-state index contributed by atoms with van der Waals surface area (Å²) in [7, 11) is 3.72. The molecule has 0 saturated heterocycles. The van der Waals surface area contributed by atoms with Crippen LogP contribution in [0.15, 0.2) is 0 Å². The quantitative estimate of drug-likeness (QED) is 0.910. The number of rotatable bonds is 4. The van der Waals surface area contributed by atoms with Crippen molar-refractivity contribution < 1.29 is 4.74 Å². The van der Waals surface area contributed by atoms with E-state index in [-0.39, 0.29) is 0 Å². The van der Waals surface area contributed by atoms with Crippen LogP contribution in [0.3, 0.4) is 0 Å². The van der Waals surface area contributed by atoms with E-state index >= 15 is 0 Å². The monoisotopic (exact) mass is 263 g/mol. The third-order valence-electron chi connectivity index (χ3n) is 4.02. The molecule has 0 aliphatic heterocycles. The van der Waals surface area contributed by atoms with Gasteiger partial charge in [-0.1, -0.05) is 13.3 Å². The molecule has 6 nitrogen and oxygen atoms in total. The highest BCUT2D eigenvalue weighted by Gasteiger charge is 2.34. The number of ether oxygens (including phenoxy) is 1. The standard InChI is InChI=1S/C13H21N5O/c1-4-5-10-11-12(17(2)16-10)18(13(14)15-11)8-6-9(7-8)19-3/h8-9H,4-7H2,1-3H3,(H2,14,15). The van der Waals surface area contributed by atoms with Gasteiger partial charge in [-0.15, -0.1) is 0 Å². The summed E-state index contributed by atoms with van der Waals surface area (Å²) in [5.41, 5.74) is 9.15. The first kappa shape index (κ1) is 12.5. The number of hydrogen-bond acceptors (Lipinski definition) is 4. The van der Waals surface area contributed by atoms with Crippen LogP contribution in [0.2, 0.25) is 0 Å². The predicted octanol–water partition coefficient (Wildman–Crippen LogP) is 1.65. The molecule has 2 aromatic rings. The number of nitrogen functional groups attached to an aromatic ring is 1. The summed E-state index contributed by atoms with van der Waals surface area (Å²) in [6.07, 6.45) is 4.36. The Labute approximate surface area is 112 Å². The fraction of sp³-hybridized carbons (Fsp3) is 0.692. The van der Waals surface area contributed by atoms with Crippen molar-refractivity contribution in [3.05, 3.63) is 5.69 Å². The van der Waals surface area contributed by atoms with Gasteiger partial charge in [-0.2, -0.15) is 5.10 Å². The van der Waals surface area contributed by atoms with Gasteiger partial charge in [-0.3, -0.25) is 9.25 Å². The van der Waals surface area contributed by atoms with Crippen molar-refractivity contribution in [1.82, 2.24) is 19.3 Å². The molecule has 1 aliphatic rings. The summed E-state index contributed by atoms with van der Waals surface area (Å²) in [4.78, 5) is 4.52. The molecule has 1 saturated carbocycles. The molecule has 1 fully saturated rings. The largest absolute Gasteiger partial charge is 0.381 e. The van der Waals surface area contributed by atoms with E-state index < -0.39 is 0 Å². The smallest absolute Gasteiger partial charge is 0.202 e. The van der Waals surface area contributed by atoms with Crippen LogP contribution in [0, 0.1) is 0 Å². The number of methoxy groups -OCH3 is 1. The lowest BCUT2D eigenvalue weighted by atomic mass is 9.89. The molecular formula is C13H21N5O. The zero-order valence-corrected chi connectivity index (χ0v) is 11.8. The fourth-order valence-electron chi connectivity index (χ4n) is 2.93. The molecule has 0 radical (unpaired) electrons. The second kappa shape index (κ2) is 4.52. The van der Waals surface area contributed by atoms with Crippen molar-refractivity contribution in [2.24, 2.45) is 7.05 Å². The van der Waals surface area contributed by atoms with Gasteiger partial charge in [-0.25, -0.2) is 4.98 Å². The van der Waals surface area contributed by atoms with E-state index in [0.29, 0.717) is 18.1 Å². The summed E-state index contributed by atoms with van der Waals surface area (Å²) >= 11 is 0. The molecule has 0 bridgehead atoms. The minimum absolute atomic E-state index is 0.352. The maximum atomic E-state index is 6.10. The van der Waals surface area contributed by atoms with Gasteiger partial charge < -0.3 is 10.5 Å². The molecular weight excluding hydrogens is 242 g/mol. The number of hydrogen-bond donors (Lipinski definition) is 1. The summed E-state index contributed by atoms with van der Waals surface area (Å²) in [6, 6.07) is 0.389. The van der Waals surface area contributed by atoms with Crippen molar-refractivity contribution >= 4 is 17.1 Å². The minimum Gasteiger partial charge on any atom is -0.381 e. The van der Waals surface area contributed by atoms with Gasteiger partial charge in [-0.05, 0) is 19.3 Å². The first-order chi connectivity index (χ1) is 9.15. The van der Waals surface area contributed by atoms with Crippen LogP contribution in [0.4, 0.5) is 5.95 Å². The Morgan fingerprint density at radius 1 is 1.42 bits per heavy atom. The molecule has 2 N–H and O–H groups in total. The van der Waals surface area contributed by atoms with Crippen molar-refractivity contribution in [2.75, 3.05) is 12.8 Å². The Morgan fingerprint density at radius 3 is 2.79 bits per heavy atom. The van der Waals surface area contributed by atoms with Gasteiger partial charge in [0, 0.05) is 20.2 Å². The van der Waals surface area contributed by atoms with Crippen LogP contribution >= 0.6 is 0 Å². The summed E-state index contributed by atoms with van der Waals surface area (Å²) < 4.78 is 9.37. The van der Waals surface area contributed by atoms with Gasteiger partial charge >= 0.3 is 0 Å². The maximum Gasteiger partial charge on any atom is 0.202 e. The molecule has 1 aliphatic carbocycles. The van der Waals surface area contributed by atoms with Crippen molar-refractivity contribution in [1.29, 1.82) is 0 Å². The molecule has 0 unspecified atom stereocenters. The Balaban J connectivity index is 2.02. The Hall–Kier alpha value is -1.56. The number of fused-ring (bicyclic) bond motifs is 1. The highest BCUT2D eigenvalue weighted by molar-refractivity contribution is 5.78. The molecule has 19 heavy (non-hydrogen) atoms. The molecule has 104 valence electrons. The molecule has 0 amide bonds. The SMILES string of the molecule is CCCc1nn(C)c2c1nc(N)n2C1CC(OC)C1. The van der Waals surface area contributed by atoms with Crippen LogP contribution in [-0.4, -0.2) is 32.5 Å². The summed E-state index contributed by atoms with van der Waals surface area (Å²) in [6.45, 7) is 2.15. The van der Waals surface area contributed by atoms with Crippen LogP contribution in [-0.2, 0) is 18.2 Å². The molecule has 2 heterocycles. The average Bonchev–Trinajstić information content (AvgIpc) is 2.79.